The Labute approximate surface area is 183 Å². The first-order chi connectivity index (χ1) is 15.0. The smallest absolute Gasteiger partial charge is 0.259 e. The Morgan fingerprint density at radius 1 is 1.16 bits per heavy atom. The van der Waals surface area contributed by atoms with Crippen LogP contribution in [0.5, 0.6) is 11.5 Å². The van der Waals surface area contributed by atoms with Crippen LogP contribution in [0, 0.1) is 0 Å². The van der Waals surface area contributed by atoms with Crippen LogP contribution in [-0.4, -0.2) is 29.1 Å². The summed E-state index contributed by atoms with van der Waals surface area (Å²) in [6.45, 7) is 3.91. The lowest BCUT2D eigenvalue weighted by Gasteiger charge is -2.16. The van der Waals surface area contributed by atoms with E-state index in [0.717, 1.165) is 10.3 Å². The summed E-state index contributed by atoms with van der Waals surface area (Å²) in [6.07, 6.45) is 1.68. The lowest BCUT2D eigenvalue weighted by atomic mass is 10.1. The number of nitrogens with zero attached hydrogens (tertiary/aromatic N) is 2. The van der Waals surface area contributed by atoms with E-state index < -0.39 is 5.91 Å². The number of anilines is 2. The first-order valence-corrected chi connectivity index (χ1v) is 10.5. The third kappa shape index (κ3) is 4.29. The van der Waals surface area contributed by atoms with E-state index in [9.17, 15) is 4.79 Å². The van der Waals surface area contributed by atoms with E-state index in [1.807, 2.05) is 62.4 Å². The van der Waals surface area contributed by atoms with Crippen LogP contribution in [0.1, 0.15) is 23.5 Å². The van der Waals surface area contributed by atoms with Gasteiger partial charge in [-0.2, -0.15) is 0 Å². The fourth-order valence-electron chi connectivity index (χ4n) is 3.20. The molecule has 4 aromatic rings. The average molecular weight is 435 g/mol. The van der Waals surface area contributed by atoms with Gasteiger partial charge >= 0.3 is 0 Å². The molecule has 3 N–H and O–H groups in total. The molecule has 0 atom stereocenters. The highest BCUT2D eigenvalue weighted by Gasteiger charge is 2.20. The quantitative estimate of drug-likeness (QED) is 0.425. The van der Waals surface area contributed by atoms with Crippen molar-refractivity contribution in [1.29, 1.82) is 0 Å². The normalized spacial score (nSPS) is 11.0. The third-order valence-electron chi connectivity index (χ3n) is 4.52. The van der Waals surface area contributed by atoms with Crippen LogP contribution in [0.3, 0.4) is 0 Å². The van der Waals surface area contributed by atoms with Crippen molar-refractivity contribution in [2.45, 2.75) is 20.0 Å². The Balaban J connectivity index is 1.79. The molecule has 0 aliphatic rings. The number of rotatable bonds is 7. The van der Waals surface area contributed by atoms with E-state index >= 15 is 0 Å². The molecule has 0 radical (unpaired) electrons. The number of hydrogen-bond acceptors (Lipinski definition) is 7. The molecule has 0 aliphatic carbocycles. The van der Waals surface area contributed by atoms with Crippen LogP contribution in [0.15, 0.2) is 54.7 Å². The third-order valence-corrected chi connectivity index (χ3v) is 5.64. The number of fused-ring (bicyclic) bond motifs is 1. The van der Waals surface area contributed by atoms with E-state index in [1.54, 1.807) is 13.3 Å². The van der Waals surface area contributed by atoms with Crippen molar-refractivity contribution in [3.8, 4) is 22.6 Å². The monoisotopic (exact) mass is 434 g/mol. The van der Waals surface area contributed by atoms with Gasteiger partial charge in [-0.05, 0) is 31.5 Å². The summed E-state index contributed by atoms with van der Waals surface area (Å²) in [5.41, 5.74) is 8.62. The van der Waals surface area contributed by atoms with Crippen LogP contribution in [0.2, 0.25) is 0 Å². The predicted octanol–water partition coefficient (Wildman–Crippen LogP) is 5.00. The van der Waals surface area contributed by atoms with Gasteiger partial charge in [-0.3, -0.25) is 4.79 Å². The van der Waals surface area contributed by atoms with Gasteiger partial charge in [0.25, 0.3) is 5.91 Å². The van der Waals surface area contributed by atoms with Crippen molar-refractivity contribution in [3.63, 3.8) is 0 Å². The molecule has 0 unspecified atom stereocenters. The Bertz CT molecular complexity index is 1240. The number of nitrogens with two attached hydrogens (primary N) is 1. The number of aromatic nitrogens is 2. The summed E-state index contributed by atoms with van der Waals surface area (Å²) in [5, 5.41) is 3.22. The molecule has 8 heteroatoms. The van der Waals surface area contributed by atoms with Crippen molar-refractivity contribution in [3.05, 3.63) is 59.6 Å². The van der Waals surface area contributed by atoms with Gasteiger partial charge in [0.15, 0.2) is 0 Å². The van der Waals surface area contributed by atoms with Crippen LogP contribution in [0.25, 0.3) is 21.3 Å². The summed E-state index contributed by atoms with van der Waals surface area (Å²) < 4.78 is 12.0. The van der Waals surface area contributed by atoms with Crippen LogP contribution in [0.4, 0.5) is 11.6 Å². The molecule has 0 saturated heterocycles. The second-order valence-corrected chi connectivity index (χ2v) is 8.15. The zero-order valence-electron chi connectivity index (χ0n) is 17.4. The Morgan fingerprint density at radius 2 is 1.94 bits per heavy atom. The topological polar surface area (TPSA) is 99.4 Å². The number of methoxy groups -OCH3 is 1. The van der Waals surface area contributed by atoms with Gasteiger partial charge < -0.3 is 20.5 Å². The minimum absolute atomic E-state index is 0.0178. The number of benzene rings is 2. The van der Waals surface area contributed by atoms with E-state index in [0.29, 0.717) is 39.1 Å². The number of thiophene rings is 1. The maximum atomic E-state index is 12.1. The highest BCUT2D eigenvalue weighted by atomic mass is 32.1. The molecule has 0 saturated carbocycles. The molecule has 2 aromatic carbocycles. The van der Waals surface area contributed by atoms with Crippen LogP contribution >= 0.6 is 11.3 Å². The highest BCUT2D eigenvalue weighted by Crippen LogP contribution is 2.38. The summed E-state index contributed by atoms with van der Waals surface area (Å²) >= 11 is 1.29. The van der Waals surface area contributed by atoms with Crippen molar-refractivity contribution in [2.75, 3.05) is 12.4 Å². The minimum atomic E-state index is -0.487. The zero-order valence-corrected chi connectivity index (χ0v) is 18.2. The number of hydrogen-bond donors (Lipinski definition) is 2. The van der Waals surface area contributed by atoms with E-state index in [1.165, 1.54) is 11.3 Å². The maximum absolute atomic E-state index is 12.1. The molecule has 0 bridgehead atoms. The van der Waals surface area contributed by atoms with Crippen molar-refractivity contribution in [2.24, 2.45) is 5.73 Å². The molecular weight excluding hydrogens is 412 g/mol. The molecule has 158 valence electrons. The van der Waals surface area contributed by atoms with Crippen molar-refractivity contribution >= 4 is 39.1 Å². The summed E-state index contributed by atoms with van der Waals surface area (Å²) in [6, 6.07) is 15.1. The number of carbonyl (C=O) groups is 1. The van der Waals surface area contributed by atoms with Gasteiger partial charge in [0.2, 0.25) is 5.95 Å². The first kappa shape index (κ1) is 20.6. The molecule has 0 spiro atoms. The fraction of sp³-hybridized carbons (Fsp3) is 0.174. The lowest BCUT2D eigenvalue weighted by Crippen LogP contribution is -2.10. The van der Waals surface area contributed by atoms with E-state index in [-0.39, 0.29) is 6.10 Å². The summed E-state index contributed by atoms with van der Waals surface area (Å²) in [7, 11) is 1.61. The number of primary amides is 1. The van der Waals surface area contributed by atoms with Crippen molar-refractivity contribution in [1.82, 2.24) is 9.97 Å². The van der Waals surface area contributed by atoms with Gasteiger partial charge in [-0.15, -0.1) is 11.3 Å². The summed E-state index contributed by atoms with van der Waals surface area (Å²) in [5.74, 6) is 1.22. The standard InChI is InChI=1S/C23H22N4O3S/c1-13(2)30-17-11-15(29-3)9-10-16(17)26-23-25-12-18-20(27-23)19(21(31-18)22(24)28)14-7-5-4-6-8-14/h4-13H,1-3H3,(H2,24,28)(H,25,26,27). The Hall–Kier alpha value is -3.65. The summed E-state index contributed by atoms with van der Waals surface area (Å²) in [4.78, 5) is 21.7. The molecule has 31 heavy (non-hydrogen) atoms. The van der Waals surface area contributed by atoms with Gasteiger partial charge in [0.05, 0.1) is 35.3 Å². The molecule has 0 aliphatic heterocycles. The number of ether oxygens (including phenoxy) is 2. The first-order valence-electron chi connectivity index (χ1n) is 9.72. The van der Waals surface area contributed by atoms with E-state index in [4.69, 9.17) is 20.2 Å². The van der Waals surface area contributed by atoms with Gasteiger partial charge in [0.1, 0.15) is 16.4 Å². The molecule has 2 aromatic heterocycles. The molecule has 1 amide bonds. The van der Waals surface area contributed by atoms with Crippen molar-refractivity contribution < 1.29 is 14.3 Å². The largest absolute Gasteiger partial charge is 0.497 e. The van der Waals surface area contributed by atoms with Gasteiger partial charge in [-0.1, -0.05) is 30.3 Å². The number of nitrogens with one attached hydrogen (secondary N) is 1. The minimum Gasteiger partial charge on any atom is -0.497 e. The van der Waals surface area contributed by atoms with Gasteiger partial charge in [0, 0.05) is 11.6 Å². The second-order valence-electron chi connectivity index (χ2n) is 7.10. The molecule has 0 fully saturated rings. The lowest BCUT2D eigenvalue weighted by molar-refractivity contribution is 0.100. The van der Waals surface area contributed by atoms with Crippen LogP contribution < -0.4 is 20.5 Å². The molecule has 4 rings (SSSR count). The zero-order chi connectivity index (χ0) is 22.0. The van der Waals surface area contributed by atoms with E-state index in [2.05, 4.69) is 10.3 Å². The number of amides is 1. The SMILES string of the molecule is COc1ccc(Nc2ncc3sc(C(N)=O)c(-c4ccccc4)c3n2)c(OC(C)C)c1. The fourth-order valence-corrected chi connectivity index (χ4v) is 4.19. The number of carbonyl (C=O) groups excluding carboxylic acids is 1. The molecule has 7 nitrogen and oxygen atoms in total. The highest BCUT2D eigenvalue weighted by molar-refractivity contribution is 7.21. The predicted molar refractivity (Wildman–Crippen MR) is 123 cm³/mol. The molecule has 2 heterocycles. The maximum Gasteiger partial charge on any atom is 0.259 e. The second kappa shape index (κ2) is 8.61. The average Bonchev–Trinajstić information content (AvgIpc) is 3.14. The molecular formula is C23H22N4O3S. The van der Waals surface area contributed by atoms with Gasteiger partial charge in [-0.25, -0.2) is 9.97 Å². The Kier molecular flexibility index (Phi) is 5.73. The Morgan fingerprint density at radius 3 is 2.61 bits per heavy atom. The van der Waals surface area contributed by atoms with Crippen LogP contribution in [-0.2, 0) is 0 Å².